The maximum absolute atomic E-state index is 12.5. The SMILES string of the molecule is COc1ccc(C(=O)N2C[C@@H](N)C[C@@H](O)C2)c(OC)n1. The van der Waals surface area contributed by atoms with E-state index in [4.69, 9.17) is 15.2 Å². The van der Waals surface area contributed by atoms with Crippen LogP contribution in [0, 0.1) is 0 Å². The van der Waals surface area contributed by atoms with Crippen LogP contribution in [0.15, 0.2) is 12.1 Å². The first-order valence-corrected chi connectivity index (χ1v) is 6.37. The summed E-state index contributed by atoms with van der Waals surface area (Å²) < 4.78 is 10.1. The van der Waals surface area contributed by atoms with Crippen molar-refractivity contribution >= 4 is 5.91 Å². The molecule has 2 heterocycles. The van der Waals surface area contributed by atoms with E-state index in [-0.39, 0.29) is 24.4 Å². The first kappa shape index (κ1) is 14.5. The number of aliphatic hydroxyl groups is 1. The summed E-state index contributed by atoms with van der Waals surface area (Å²) in [4.78, 5) is 18.1. The Morgan fingerprint density at radius 1 is 1.40 bits per heavy atom. The van der Waals surface area contributed by atoms with Crippen molar-refractivity contribution in [1.82, 2.24) is 9.88 Å². The van der Waals surface area contributed by atoms with Crippen molar-refractivity contribution in [3.8, 4) is 11.8 Å². The van der Waals surface area contributed by atoms with Crippen molar-refractivity contribution in [2.75, 3.05) is 27.3 Å². The second-order valence-electron chi connectivity index (χ2n) is 4.77. The number of nitrogens with zero attached hydrogens (tertiary/aromatic N) is 2. The van der Waals surface area contributed by atoms with Crippen molar-refractivity contribution in [2.45, 2.75) is 18.6 Å². The van der Waals surface area contributed by atoms with Crippen molar-refractivity contribution < 1.29 is 19.4 Å². The fourth-order valence-electron chi connectivity index (χ4n) is 2.30. The molecule has 2 rings (SSSR count). The summed E-state index contributed by atoms with van der Waals surface area (Å²) in [6, 6.07) is 2.97. The Bertz CT molecular complexity index is 485. The van der Waals surface area contributed by atoms with E-state index in [1.54, 1.807) is 12.1 Å². The molecule has 7 nitrogen and oxygen atoms in total. The summed E-state index contributed by atoms with van der Waals surface area (Å²) in [5.41, 5.74) is 6.16. The molecule has 1 aliphatic heterocycles. The number of methoxy groups -OCH3 is 2. The van der Waals surface area contributed by atoms with Gasteiger partial charge in [0, 0.05) is 25.2 Å². The number of aromatic nitrogens is 1. The molecule has 1 amide bonds. The van der Waals surface area contributed by atoms with Crippen LogP contribution in [0.3, 0.4) is 0 Å². The number of likely N-dealkylation sites (tertiary alicyclic amines) is 1. The monoisotopic (exact) mass is 281 g/mol. The molecule has 0 unspecified atom stereocenters. The van der Waals surface area contributed by atoms with Gasteiger partial charge in [-0.25, -0.2) is 0 Å². The van der Waals surface area contributed by atoms with Gasteiger partial charge in [0.15, 0.2) is 0 Å². The molecule has 7 heteroatoms. The maximum atomic E-state index is 12.5. The van der Waals surface area contributed by atoms with E-state index in [1.807, 2.05) is 0 Å². The van der Waals surface area contributed by atoms with Gasteiger partial charge in [-0.05, 0) is 12.5 Å². The van der Waals surface area contributed by atoms with Crippen LogP contribution >= 0.6 is 0 Å². The van der Waals surface area contributed by atoms with E-state index in [2.05, 4.69) is 4.98 Å². The highest BCUT2D eigenvalue weighted by molar-refractivity contribution is 5.96. The van der Waals surface area contributed by atoms with Gasteiger partial charge in [0.05, 0.1) is 20.3 Å². The lowest BCUT2D eigenvalue weighted by molar-refractivity contribution is 0.0420. The molecule has 1 saturated heterocycles. The van der Waals surface area contributed by atoms with Crippen molar-refractivity contribution in [2.24, 2.45) is 5.73 Å². The van der Waals surface area contributed by atoms with E-state index in [0.29, 0.717) is 24.4 Å². The zero-order valence-electron chi connectivity index (χ0n) is 11.6. The highest BCUT2D eigenvalue weighted by Crippen LogP contribution is 2.22. The zero-order chi connectivity index (χ0) is 14.7. The van der Waals surface area contributed by atoms with Gasteiger partial charge in [-0.3, -0.25) is 4.79 Å². The van der Waals surface area contributed by atoms with Gasteiger partial charge >= 0.3 is 0 Å². The van der Waals surface area contributed by atoms with Gasteiger partial charge in [0.2, 0.25) is 11.8 Å². The van der Waals surface area contributed by atoms with E-state index in [9.17, 15) is 9.90 Å². The van der Waals surface area contributed by atoms with Crippen LogP contribution in [0.4, 0.5) is 0 Å². The normalized spacial score (nSPS) is 22.5. The summed E-state index contributed by atoms with van der Waals surface area (Å²) in [5.74, 6) is 0.308. The molecule has 0 radical (unpaired) electrons. The quantitative estimate of drug-likeness (QED) is 0.784. The Balaban J connectivity index is 2.24. The first-order chi connectivity index (χ1) is 9.55. The Labute approximate surface area is 117 Å². The molecule has 3 N–H and O–H groups in total. The number of carbonyl (C=O) groups is 1. The lowest BCUT2D eigenvalue weighted by Gasteiger charge is -2.34. The second-order valence-corrected chi connectivity index (χ2v) is 4.77. The predicted octanol–water partition coefficient (Wildman–Crippen LogP) is -0.367. The Morgan fingerprint density at radius 2 is 2.15 bits per heavy atom. The summed E-state index contributed by atoms with van der Waals surface area (Å²) in [5, 5.41) is 9.71. The number of rotatable bonds is 3. The third-order valence-electron chi connectivity index (χ3n) is 3.22. The van der Waals surface area contributed by atoms with Gasteiger partial charge in [-0.2, -0.15) is 4.98 Å². The molecule has 1 fully saturated rings. The Kier molecular flexibility index (Phi) is 4.41. The fourth-order valence-corrected chi connectivity index (χ4v) is 2.30. The number of piperidine rings is 1. The minimum atomic E-state index is -0.597. The summed E-state index contributed by atoms with van der Waals surface area (Å²) in [6.07, 6.45) is -0.0955. The molecular formula is C13H19N3O4. The van der Waals surface area contributed by atoms with E-state index >= 15 is 0 Å². The first-order valence-electron chi connectivity index (χ1n) is 6.37. The molecule has 1 aliphatic rings. The van der Waals surface area contributed by atoms with Crippen molar-refractivity contribution in [1.29, 1.82) is 0 Å². The molecule has 0 aliphatic carbocycles. The fraction of sp³-hybridized carbons (Fsp3) is 0.538. The lowest BCUT2D eigenvalue weighted by atomic mass is 10.0. The number of carbonyl (C=O) groups excluding carboxylic acids is 1. The van der Waals surface area contributed by atoms with Gasteiger partial charge in [-0.1, -0.05) is 0 Å². The minimum absolute atomic E-state index is 0.197. The number of hydrogen-bond donors (Lipinski definition) is 2. The highest BCUT2D eigenvalue weighted by atomic mass is 16.5. The third-order valence-corrected chi connectivity index (χ3v) is 3.22. The van der Waals surface area contributed by atoms with Gasteiger partial charge in [0.1, 0.15) is 5.56 Å². The topological polar surface area (TPSA) is 97.9 Å². The molecule has 0 saturated carbocycles. The smallest absolute Gasteiger partial charge is 0.259 e. The van der Waals surface area contributed by atoms with Crippen LogP contribution in [0.5, 0.6) is 11.8 Å². The summed E-state index contributed by atoms with van der Waals surface area (Å²) in [7, 11) is 2.93. The Hall–Kier alpha value is -1.86. The van der Waals surface area contributed by atoms with E-state index in [0.717, 1.165) is 0 Å². The molecule has 110 valence electrons. The van der Waals surface area contributed by atoms with Gasteiger partial charge in [0.25, 0.3) is 5.91 Å². The average molecular weight is 281 g/mol. The van der Waals surface area contributed by atoms with Gasteiger partial charge < -0.3 is 25.2 Å². The molecule has 2 atom stereocenters. The van der Waals surface area contributed by atoms with Crippen LogP contribution in [-0.2, 0) is 0 Å². The summed E-state index contributed by atoms with van der Waals surface area (Å²) >= 11 is 0. The molecule has 1 aromatic heterocycles. The average Bonchev–Trinajstić information content (AvgIpc) is 2.44. The van der Waals surface area contributed by atoms with Crippen molar-refractivity contribution in [3.05, 3.63) is 17.7 Å². The lowest BCUT2D eigenvalue weighted by Crippen LogP contribution is -2.51. The molecule has 0 bridgehead atoms. The molecule has 0 spiro atoms. The highest BCUT2D eigenvalue weighted by Gasteiger charge is 2.29. The number of pyridine rings is 1. The second kappa shape index (κ2) is 6.06. The number of nitrogens with two attached hydrogens (primary N) is 1. The minimum Gasteiger partial charge on any atom is -0.481 e. The summed E-state index contributed by atoms with van der Waals surface area (Å²) in [6.45, 7) is 0.673. The number of amides is 1. The predicted molar refractivity (Wildman–Crippen MR) is 71.8 cm³/mol. The Morgan fingerprint density at radius 3 is 2.75 bits per heavy atom. The number of ether oxygens (including phenoxy) is 2. The maximum Gasteiger partial charge on any atom is 0.259 e. The van der Waals surface area contributed by atoms with E-state index < -0.39 is 6.10 Å². The van der Waals surface area contributed by atoms with Crippen LogP contribution < -0.4 is 15.2 Å². The third kappa shape index (κ3) is 3.00. The molecule has 20 heavy (non-hydrogen) atoms. The molecule has 1 aromatic rings. The van der Waals surface area contributed by atoms with Crippen LogP contribution in [0.25, 0.3) is 0 Å². The number of hydrogen-bond acceptors (Lipinski definition) is 6. The van der Waals surface area contributed by atoms with Crippen LogP contribution in [0.1, 0.15) is 16.8 Å². The van der Waals surface area contributed by atoms with Crippen LogP contribution in [-0.4, -0.2) is 60.4 Å². The standard InChI is InChI=1S/C13H19N3O4/c1-19-11-4-3-10(12(15-11)20-2)13(18)16-6-8(14)5-9(17)7-16/h3-4,8-9,17H,5-7,14H2,1-2H3/t8-,9+/m0/s1. The van der Waals surface area contributed by atoms with Gasteiger partial charge in [-0.15, -0.1) is 0 Å². The molecule has 0 aromatic carbocycles. The zero-order valence-corrected chi connectivity index (χ0v) is 11.6. The largest absolute Gasteiger partial charge is 0.481 e. The van der Waals surface area contributed by atoms with Crippen LogP contribution in [0.2, 0.25) is 0 Å². The number of β-amino-alcohol motifs (C(OH)–C–C–N with tert-alkyl or cyclic N) is 1. The number of aliphatic hydroxyl groups excluding tert-OH is 1. The van der Waals surface area contributed by atoms with Crippen molar-refractivity contribution in [3.63, 3.8) is 0 Å². The van der Waals surface area contributed by atoms with E-state index in [1.165, 1.54) is 19.1 Å². The molecular weight excluding hydrogens is 262 g/mol.